The average Bonchev–Trinajstić information content (AvgIpc) is 2.82. The Morgan fingerprint density at radius 3 is 2.52 bits per heavy atom. The number of nitrogens with one attached hydrogen (secondary N) is 2. The van der Waals surface area contributed by atoms with Crippen LogP contribution in [0.15, 0.2) is 21.5 Å². The topological polar surface area (TPSA) is 104 Å². The normalized spacial score (nSPS) is 14.7. The molecule has 23 heavy (non-hydrogen) atoms. The van der Waals surface area contributed by atoms with Crippen LogP contribution in [0, 0.1) is 6.92 Å². The first-order chi connectivity index (χ1) is 10.1. The number of aliphatic hydroxyl groups is 1. The Labute approximate surface area is 154 Å². The number of hydrogen-bond donors (Lipinski definition) is 3. The zero-order valence-corrected chi connectivity index (χ0v) is 17.1. The molecule has 0 saturated carbocycles. The zero-order valence-electron chi connectivity index (χ0n) is 13.9. The first kappa shape index (κ1) is 22.2. The highest BCUT2D eigenvalue weighted by Crippen LogP contribution is 2.22. The minimum Gasteiger partial charge on any atom is -0.463 e. The van der Waals surface area contributed by atoms with E-state index >= 15 is 0 Å². The summed E-state index contributed by atoms with van der Waals surface area (Å²) in [6, 6.07) is 3.50. The summed E-state index contributed by atoms with van der Waals surface area (Å²) in [7, 11) is -3.03. The van der Waals surface area contributed by atoms with Crippen LogP contribution in [0.2, 0.25) is 0 Å². The molecule has 0 amide bonds. The van der Waals surface area contributed by atoms with E-state index < -0.39 is 15.4 Å². The van der Waals surface area contributed by atoms with Crippen LogP contribution in [-0.2, 0) is 15.4 Å². The lowest BCUT2D eigenvalue weighted by Gasteiger charge is -2.19. The summed E-state index contributed by atoms with van der Waals surface area (Å²) < 4.78 is 27.7. The van der Waals surface area contributed by atoms with Crippen molar-refractivity contribution in [3.63, 3.8) is 0 Å². The predicted octanol–water partition coefficient (Wildman–Crippen LogP) is 1.01. The highest BCUT2D eigenvalue weighted by molar-refractivity contribution is 14.0. The number of hydrogen-bond acceptors (Lipinski definition) is 5. The first-order valence-corrected chi connectivity index (χ1v) is 9.19. The van der Waals surface area contributed by atoms with Crippen molar-refractivity contribution in [2.45, 2.75) is 26.4 Å². The fraction of sp³-hybridized carbons (Fsp3) is 0.643. The van der Waals surface area contributed by atoms with Crippen LogP contribution in [0.1, 0.15) is 25.4 Å². The van der Waals surface area contributed by atoms with Crippen molar-refractivity contribution in [1.29, 1.82) is 0 Å². The van der Waals surface area contributed by atoms with Crippen LogP contribution in [0.5, 0.6) is 0 Å². The van der Waals surface area contributed by atoms with E-state index in [0.29, 0.717) is 18.3 Å². The van der Waals surface area contributed by atoms with Gasteiger partial charge in [-0.2, -0.15) is 0 Å². The molecule has 1 atom stereocenters. The molecular weight excluding hydrogens is 433 g/mol. The minimum absolute atomic E-state index is 0. The van der Waals surface area contributed by atoms with Crippen molar-refractivity contribution < 1.29 is 17.9 Å². The van der Waals surface area contributed by atoms with Gasteiger partial charge in [0.15, 0.2) is 5.96 Å². The van der Waals surface area contributed by atoms with Gasteiger partial charge in [0.2, 0.25) is 0 Å². The van der Waals surface area contributed by atoms with Crippen LogP contribution < -0.4 is 10.6 Å². The monoisotopic (exact) mass is 459 g/mol. The molecule has 0 spiro atoms. The van der Waals surface area contributed by atoms with Gasteiger partial charge in [-0.3, -0.25) is 0 Å². The van der Waals surface area contributed by atoms with Crippen molar-refractivity contribution in [1.82, 2.24) is 10.6 Å². The van der Waals surface area contributed by atoms with E-state index in [2.05, 4.69) is 15.6 Å². The summed E-state index contributed by atoms with van der Waals surface area (Å²) in [5, 5.41) is 16.3. The lowest BCUT2D eigenvalue weighted by Crippen LogP contribution is -2.40. The Bertz CT molecular complexity index is 611. The first-order valence-electron chi connectivity index (χ1n) is 7.13. The molecule has 7 nitrogen and oxygen atoms in total. The highest BCUT2D eigenvalue weighted by atomic mass is 127. The third kappa shape index (κ3) is 8.56. The van der Waals surface area contributed by atoms with Crippen molar-refractivity contribution in [2.24, 2.45) is 4.99 Å². The Balaban J connectivity index is 0.00000484. The molecule has 0 aromatic carbocycles. The van der Waals surface area contributed by atoms with Gasteiger partial charge in [0, 0.05) is 19.3 Å². The second-order valence-corrected chi connectivity index (χ2v) is 7.70. The van der Waals surface area contributed by atoms with Crippen LogP contribution in [0.4, 0.5) is 0 Å². The van der Waals surface area contributed by atoms with E-state index in [1.165, 1.54) is 6.26 Å². The van der Waals surface area contributed by atoms with E-state index in [1.54, 1.807) is 26.0 Å². The molecular formula is C14H26IN3O4S. The second kappa shape index (κ2) is 9.48. The molecule has 1 aromatic rings. The van der Waals surface area contributed by atoms with Gasteiger partial charge in [0.25, 0.3) is 0 Å². The molecule has 0 saturated heterocycles. The van der Waals surface area contributed by atoms with Gasteiger partial charge in [0.05, 0.1) is 12.3 Å². The Hall–Kier alpha value is -0.810. The fourth-order valence-electron chi connectivity index (χ4n) is 1.73. The minimum atomic E-state index is -3.03. The van der Waals surface area contributed by atoms with Crippen LogP contribution in [0.3, 0.4) is 0 Å². The van der Waals surface area contributed by atoms with Gasteiger partial charge < -0.3 is 20.2 Å². The highest BCUT2D eigenvalue weighted by Gasteiger charge is 2.26. The maximum Gasteiger partial charge on any atom is 0.191 e. The molecule has 0 fully saturated rings. The van der Waals surface area contributed by atoms with Gasteiger partial charge in [-0.1, -0.05) is 0 Å². The maximum absolute atomic E-state index is 11.1. The molecule has 0 aliphatic rings. The molecule has 3 N–H and O–H groups in total. The van der Waals surface area contributed by atoms with Gasteiger partial charge in [-0.15, -0.1) is 24.0 Å². The number of sulfone groups is 1. The quantitative estimate of drug-likeness (QED) is 0.320. The number of rotatable bonds is 7. The summed E-state index contributed by atoms with van der Waals surface area (Å²) in [6.07, 6.45) is 1.18. The standard InChI is InChI=1S/C14H25N3O4S.HI/c1-5-15-13(16-8-9-22(4,19)20)17-10-14(3,18)12-7-6-11(2)21-12;/h6-7,18H,5,8-10H2,1-4H3,(H2,15,16,17);1H. The molecule has 9 heteroatoms. The third-order valence-electron chi connectivity index (χ3n) is 2.93. The van der Waals surface area contributed by atoms with E-state index in [1.807, 2.05) is 6.92 Å². The summed E-state index contributed by atoms with van der Waals surface area (Å²) in [6.45, 7) is 6.31. The Morgan fingerprint density at radius 2 is 2.04 bits per heavy atom. The number of halogens is 1. The number of aryl methyl sites for hydroxylation is 1. The summed E-state index contributed by atoms with van der Waals surface area (Å²) in [5.74, 6) is 1.64. The Kier molecular flexibility index (Phi) is 9.14. The predicted molar refractivity (Wildman–Crippen MR) is 102 cm³/mol. The third-order valence-corrected chi connectivity index (χ3v) is 3.87. The Morgan fingerprint density at radius 1 is 1.39 bits per heavy atom. The van der Waals surface area contributed by atoms with Crippen LogP contribution in [-0.4, -0.2) is 51.1 Å². The van der Waals surface area contributed by atoms with E-state index in [9.17, 15) is 13.5 Å². The van der Waals surface area contributed by atoms with E-state index in [4.69, 9.17) is 4.42 Å². The zero-order chi connectivity index (χ0) is 16.8. The molecule has 0 radical (unpaired) electrons. The maximum atomic E-state index is 11.1. The van der Waals surface area contributed by atoms with Gasteiger partial charge in [0.1, 0.15) is 27.0 Å². The second-order valence-electron chi connectivity index (χ2n) is 5.44. The number of guanidine groups is 1. The molecule has 1 aromatic heterocycles. The molecule has 0 aliphatic carbocycles. The lowest BCUT2D eigenvalue weighted by atomic mass is 10.0. The summed E-state index contributed by atoms with van der Waals surface area (Å²) in [4.78, 5) is 4.28. The smallest absolute Gasteiger partial charge is 0.191 e. The molecule has 134 valence electrons. The van der Waals surface area contributed by atoms with Crippen molar-refractivity contribution in [3.05, 3.63) is 23.7 Å². The molecule has 1 rings (SSSR count). The van der Waals surface area contributed by atoms with Gasteiger partial charge in [-0.05, 0) is 32.9 Å². The largest absolute Gasteiger partial charge is 0.463 e. The fourth-order valence-corrected chi connectivity index (χ4v) is 2.20. The molecule has 0 bridgehead atoms. The molecule has 1 heterocycles. The average molecular weight is 459 g/mol. The van der Waals surface area contributed by atoms with Gasteiger partial charge in [-0.25, -0.2) is 13.4 Å². The van der Waals surface area contributed by atoms with Crippen LogP contribution in [0.25, 0.3) is 0 Å². The van der Waals surface area contributed by atoms with E-state index in [0.717, 1.165) is 5.76 Å². The lowest BCUT2D eigenvalue weighted by molar-refractivity contribution is 0.0428. The number of nitrogens with zero attached hydrogens (tertiary/aromatic N) is 1. The van der Waals surface area contributed by atoms with E-state index in [-0.39, 0.29) is 42.8 Å². The van der Waals surface area contributed by atoms with Crippen LogP contribution >= 0.6 is 24.0 Å². The van der Waals surface area contributed by atoms with Gasteiger partial charge >= 0.3 is 0 Å². The van der Waals surface area contributed by atoms with Crippen molar-refractivity contribution >= 4 is 39.8 Å². The van der Waals surface area contributed by atoms with Crippen molar-refractivity contribution in [2.75, 3.05) is 31.6 Å². The summed E-state index contributed by atoms with van der Waals surface area (Å²) in [5.41, 5.74) is -1.23. The molecule has 0 aliphatic heterocycles. The van der Waals surface area contributed by atoms with Crippen molar-refractivity contribution in [3.8, 4) is 0 Å². The molecule has 1 unspecified atom stereocenters. The summed E-state index contributed by atoms with van der Waals surface area (Å²) >= 11 is 0. The number of aliphatic imine (C=N–C) groups is 1. The SMILES string of the molecule is CCNC(=NCC(C)(O)c1ccc(C)o1)NCCS(C)(=O)=O.I. The number of furan rings is 1.